The van der Waals surface area contributed by atoms with Crippen molar-refractivity contribution < 1.29 is 0 Å². The average Bonchev–Trinajstić information content (AvgIpc) is 2.94. The van der Waals surface area contributed by atoms with Crippen LogP contribution in [0.15, 0.2) is 36.1 Å². The van der Waals surface area contributed by atoms with Crippen molar-refractivity contribution in [3.63, 3.8) is 0 Å². The van der Waals surface area contributed by atoms with E-state index in [9.17, 15) is 0 Å². The van der Waals surface area contributed by atoms with Gasteiger partial charge in [-0.2, -0.15) is 0 Å². The number of hydrogen-bond donors (Lipinski definition) is 1. The number of aryl methyl sites for hydroxylation is 1. The molecule has 3 rings (SSSR count). The molecule has 0 atom stereocenters. The second-order valence-corrected chi connectivity index (χ2v) is 4.93. The highest BCUT2D eigenvalue weighted by Crippen LogP contribution is 2.28. The van der Waals surface area contributed by atoms with Crippen LogP contribution < -0.4 is 5.73 Å². The predicted octanol–water partition coefficient (Wildman–Crippen LogP) is 2.55. The minimum absolute atomic E-state index is 0.418. The van der Waals surface area contributed by atoms with Crippen LogP contribution in [0.25, 0.3) is 21.8 Å². The van der Waals surface area contributed by atoms with Gasteiger partial charge in [0.05, 0.1) is 18.1 Å². The Hall–Kier alpha value is -2.34. The Labute approximate surface area is 114 Å². The van der Waals surface area contributed by atoms with Gasteiger partial charge in [-0.1, -0.05) is 23.5 Å². The van der Waals surface area contributed by atoms with Crippen molar-refractivity contribution in [2.24, 2.45) is 0 Å². The topological polar surface area (TPSA) is 77.6 Å². The summed E-state index contributed by atoms with van der Waals surface area (Å²) in [5, 5.41) is 8.83. The van der Waals surface area contributed by atoms with Crippen molar-refractivity contribution in [3.8, 4) is 21.8 Å². The highest BCUT2D eigenvalue weighted by molar-refractivity contribution is 7.12. The van der Waals surface area contributed by atoms with E-state index in [2.05, 4.69) is 26.2 Å². The number of aromatic nitrogens is 4. The first-order valence-corrected chi connectivity index (χ1v) is 6.57. The molecule has 0 spiro atoms. The SMILES string of the molecule is Cc1ccc(-c2nncs2)cc1-c1cnc(N)cn1. The highest BCUT2D eigenvalue weighted by atomic mass is 32.1. The Morgan fingerprint density at radius 2 is 2.05 bits per heavy atom. The van der Waals surface area contributed by atoms with Crippen LogP contribution in [-0.4, -0.2) is 20.2 Å². The summed E-state index contributed by atoms with van der Waals surface area (Å²) in [6, 6.07) is 6.13. The van der Waals surface area contributed by atoms with Crippen LogP contribution in [0.2, 0.25) is 0 Å². The van der Waals surface area contributed by atoms with E-state index in [0.717, 1.165) is 27.4 Å². The van der Waals surface area contributed by atoms with Crippen molar-refractivity contribution in [1.29, 1.82) is 0 Å². The molecule has 19 heavy (non-hydrogen) atoms. The number of hydrogen-bond acceptors (Lipinski definition) is 6. The van der Waals surface area contributed by atoms with Gasteiger partial charge in [0.1, 0.15) is 16.3 Å². The monoisotopic (exact) mass is 269 g/mol. The quantitative estimate of drug-likeness (QED) is 0.773. The van der Waals surface area contributed by atoms with Gasteiger partial charge in [-0.25, -0.2) is 4.98 Å². The number of benzene rings is 1. The van der Waals surface area contributed by atoms with E-state index in [1.807, 2.05) is 19.1 Å². The van der Waals surface area contributed by atoms with Gasteiger partial charge in [-0.3, -0.25) is 4.98 Å². The van der Waals surface area contributed by atoms with Gasteiger partial charge in [0.25, 0.3) is 0 Å². The largest absolute Gasteiger partial charge is 0.382 e. The molecule has 5 nitrogen and oxygen atoms in total. The third kappa shape index (κ3) is 2.30. The molecule has 0 aliphatic heterocycles. The summed E-state index contributed by atoms with van der Waals surface area (Å²) in [4.78, 5) is 8.39. The summed E-state index contributed by atoms with van der Waals surface area (Å²) in [6.07, 6.45) is 3.24. The van der Waals surface area contributed by atoms with E-state index < -0.39 is 0 Å². The molecule has 0 aliphatic rings. The van der Waals surface area contributed by atoms with Crippen LogP contribution in [-0.2, 0) is 0 Å². The summed E-state index contributed by atoms with van der Waals surface area (Å²) >= 11 is 1.51. The lowest BCUT2D eigenvalue weighted by Crippen LogP contribution is -1.94. The fourth-order valence-electron chi connectivity index (χ4n) is 1.81. The highest BCUT2D eigenvalue weighted by Gasteiger charge is 2.08. The van der Waals surface area contributed by atoms with Gasteiger partial charge < -0.3 is 5.73 Å². The normalized spacial score (nSPS) is 10.6. The van der Waals surface area contributed by atoms with Crippen LogP contribution in [0.3, 0.4) is 0 Å². The molecule has 3 aromatic rings. The maximum Gasteiger partial charge on any atom is 0.147 e. The van der Waals surface area contributed by atoms with Crippen LogP contribution in [0, 0.1) is 6.92 Å². The summed E-state index contributed by atoms with van der Waals surface area (Å²) in [5.41, 5.74) is 11.3. The standard InChI is InChI=1S/C13H11N5S/c1-8-2-3-9(13-18-17-7-19-13)4-10(8)11-5-16-12(14)6-15-11/h2-7H,1H3,(H2,14,16). The Kier molecular flexibility index (Phi) is 2.92. The Morgan fingerprint density at radius 3 is 2.74 bits per heavy atom. The fourth-order valence-corrected chi connectivity index (χ4v) is 2.36. The minimum Gasteiger partial charge on any atom is -0.382 e. The zero-order chi connectivity index (χ0) is 13.2. The maximum atomic E-state index is 5.56. The first-order chi connectivity index (χ1) is 9.24. The lowest BCUT2D eigenvalue weighted by molar-refractivity contribution is 1.09. The number of nitrogens with zero attached hydrogens (tertiary/aromatic N) is 4. The van der Waals surface area contributed by atoms with E-state index in [1.165, 1.54) is 11.3 Å². The van der Waals surface area contributed by atoms with Crippen LogP contribution in [0.5, 0.6) is 0 Å². The van der Waals surface area contributed by atoms with E-state index in [0.29, 0.717) is 5.82 Å². The van der Waals surface area contributed by atoms with Crippen molar-refractivity contribution in [3.05, 3.63) is 41.7 Å². The number of rotatable bonds is 2. The number of nitrogens with two attached hydrogens (primary N) is 1. The first-order valence-electron chi connectivity index (χ1n) is 5.69. The molecule has 1 aromatic carbocycles. The average molecular weight is 269 g/mol. The van der Waals surface area contributed by atoms with Gasteiger partial charge in [0.15, 0.2) is 0 Å². The second-order valence-electron chi connectivity index (χ2n) is 4.10. The molecule has 0 aliphatic carbocycles. The van der Waals surface area contributed by atoms with Crippen LogP contribution in [0.1, 0.15) is 5.56 Å². The Bertz CT molecular complexity index is 692. The third-order valence-corrected chi connectivity index (χ3v) is 3.53. The van der Waals surface area contributed by atoms with E-state index >= 15 is 0 Å². The number of nitrogen functional groups attached to an aromatic ring is 1. The van der Waals surface area contributed by atoms with Crippen molar-refractivity contribution in [2.45, 2.75) is 6.92 Å². The van der Waals surface area contributed by atoms with Crippen molar-refractivity contribution in [2.75, 3.05) is 5.73 Å². The molecule has 0 bridgehead atoms. The van der Waals surface area contributed by atoms with Gasteiger partial charge >= 0.3 is 0 Å². The molecular weight excluding hydrogens is 258 g/mol. The van der Waals surface area contributed by atoms with Crippen molar-refractivity contribution >= 4 is 17.2 Å². The molecule has 0 radical (unpaired) electrons. The van der Waals surface area contributed by atoms with Crippen LogP contribution >= 0.6 is 11.3 Å². The molecule has 0 saturated carbocycles. The maximum absolute atomic E-state index is 5.56. The molecule has 0 fully saturated rings. The molecule has 0 saturated heterocycles. The summed E-state index contributed by atoms with van der Waals surface area (Å²) in [6.45, 7) is 2.04. The molecule has 94 valence electrons. The fraction of sp³-hybridized carbons (Fsp3) is 0.0769. The summed E-state index contributed by atoms with van der Waals surface area (Å²) < 4.78 is 0. The molecule has 0 unspecified atom stereocenters. The third-order valence-electron chi connectivity index (χ3n) is 2.79. The molecular formula is C13H11N5S. The van der Waals surface area contributed by atoms with Gasteiger partial charge in [-0.15, -0.1) is 10.2 Å². The van der Waals surface area contributed by atoms with Crippen molar-refractivity contribution in [1.82, 2.24) is 20.2 Å². The van der Waals surface area contributed by atoms with E-state index in [1.54, 1.807) is 17.9 Å². The van der Waals surface area contributed by atoms with Gasteiger partial charge in [0.2, 0.25) is 0 Å². The van der Waals surface area contributed by atoms with E-state index in [4.69, 9.17) is 5.73 Å². The Morgan fingerprint density at radius 1 is 1.16 bits per heavy atom. The Balaban J connectivity index is 2.10. The molecule has 0 amide bonds. The van der Waals surface area contributed by atoms with Gasteiger partial charge in [0, 0.05) is 11.1 Å². The van der Waals surface area contributed by atoms with Crippen LogP contribution in [0.4, 0.5) is 5.82 Å². The predicted molar refractivity (Wildman–Crippen MR) is 75.5 cm³/mol. The minimum atomic E-state index is 0.418. The number of anilines is 1. The lowest BCUT2D eigenvalue weighted by atomic mass is 10.0. The second kappa shape index (κ2) is 4.74. The molecule has 2 heterocycles. The van der Waals surface area contributed by atoms with E-state index in [-0.39, 0.29) is 0 Å². The van der Waals surface area contributed by atoms with Gasteiger partial charge in [-0.05, 0) is 18.6 Å². The lowest BCUT2D eigenvalue weighted by Gasteiger charge is -2.06. The summed E-state index contributed by atoms with van der Waals surface area (Å²) in [7, 11) is 0. The molecule has 2 aromatic heterocycles. The smallest absolute Gasteiger partial charge is 0.147 e. The zero-order valence-electron chi connectivity index (χ0n) is 10.2. The molecule has 2 N–H and O–H groups in total. The first kappa shape index (κ1) is 11.7. The molecule has 6 heteroatoms. The summed E-state index contributed by atoms with van der Waals surface area (Å²) in [5.74, 6) is 0.418. The zero-order valence-corrected chi connectivity index (χ0v) is 11.1.